The molecular formula is C11H14O3. The first-order chi connectivity index (χ1) is 6.75. The van der Waals surface area contributed by atoms with E-state index in [-0.39, 0.29) is 17.8 Å². The molecule has 0 aromatic heterocycles. The molecule has 0 N–H and O–H groups in total. The van der Waals surface area contributed by atoms with Crippen molar-refractivity contribution in [3.8, 4) is 0 Å². The Labute approximate surface area is 83.1 Å². The van der Waals surface area contributed by atoms with Crippen LogP contribution in [-0.2, 0) is 14.3 Å². The SMILES string of the molecule is CC1=CC[C@H]2[C@@H]3CO[C@@H](O3)C(=O)[C@@H]2C1. The van der Waals surface area contributed by atoms with Gasteiger partial charge in [-0.2, -0.15) is 0 Å². The molecule has 0 aromatic rings. The highest BCUT2D eigenvalue weighted by Crippen LogP contribution is 2.41. The number of Topliss-reactive ketones (excluding diaryl/α,β-unsaturated/α-hetero) is 1. The number of ether oxygens (including phenoxy) is 2. The van der Waals surface area contributed by atoms with Crippen LogP contribution in [0.3, 0.4) is 0 Å². The normalized spacial score (nSPS) is 46.1. The highest BCUT2D eigenvalue weighted by Gasteiger charge is 2.49. The van der Waals surface area contributed by atoms with Crippen molar-refractivity contribution in [3.63, 3.8) is 0 Å². The second-order valence-electron chi connectivity index (χ2n) is 4.50. The van der Waals surface area contributed by atoms with Crippen molar-refractivity contribution in [1.82, 2.24) is 0 Å². The summed E-state index contributed by atoms with van der Waals surface area (Å²) in [7, 11) is 0. The summed E-state index contributed by atoms with van der Waals surface area (Å²) in [5.74, 6) is 0.687. The van der Waals surface area contributed by atoms with Gasteiger partial charge in [-0.1, -0.05) is 11.6 Å². The van der Waals surface area contributed by atoms with E-state index in [2.05, 4.69) is 13.0 Å². The van der Waals surface area contributed by atoms with Crippen LogP contribution in [0.5, 0.6) is 0 Å². The maximum Gasteiger partial charge on any atom is 0.218 e. The fourth-order valence-electron chi connectivity index (χ4n) is 2.77. The van der Waals surface area contributed by atoms with Crippen molar-refractivity contribution < 1.29 is 14.3 Å². The third-order valence-electron chi connectivity index (χ3n) is 3.58. The predicted molar refractivity (Wildman–Crippen MR) is 49.6 cm³/mol. The average Bonchev–Trinajstić information content (AvgIpc) is 2.61. The lowest BCUT2D eigenvalue weighted by atomic mass is 9.74. The molecule has 0 aromatic carbocycles. The Morgan fingerprint density at radius 2 is 2.36 bits per heavy atom. The molecule has 0 radical (unpaired) electrons. The predicted octanol–water partition coefficient (Wildman–Crippen LogP) is 1.28. The molecule has 2 bridgehead atoms. The van der Waals surface area contributed by atoms with Gasteiger partial charge in [-0.05, 0) is 19.8 Å². The molecule has 76 valence electrons. The number of hydrogen-bond acceptors (Lipinski definition) is 3. The van der Waals surface area contributed by atoms with E-state index in [9.17, 15) is 4.79 Å². The van der Waals surface area contributed by atoms with E-state index in [0.717, 1.165) is 12.8 Å². The second-order valence-corrected chi connectivity index (χ2v) is 4.50. The highest BCUT2D eigenvalue weighted by atomic mass is 16.7. The highest BCUT2D eigenvalue weighted by molar-refractivity contribution is 5.86. The van der Waals surface area contributed by atoms with Crippen molar-refractivity contribution in [3.05, 3.63) is 11.6 Å². The summed E-state index contributed by atoms with van der Waals surface area (Å²) in [5, 5.41) is 0. The standard InChI is InChI=1S/C11H14O3/c1-6-2-3-7-8(4-6)10(12)11-13-5-9(7)14-11/h2,7-9,11H,3-5H2,1H3/t7-,8-,9+,11+/m1/s1. The summed E-state index contributed by atoms with van der Waals surface area (Å²) >= 11 is 0. The molecule has 2 heterocycles. The van der Waals surface area contributed by atoms with E-state index in [0.29, 0.717) is 12.5 Å². The first-order valence-electron chi connectivity index (χ1n) is 5.22. The van der Waals surface area contributed by atoms with Gasteiger partial charge in [0.25, 0.3) is 0 Å². The molecule has 3 rings (SSSR count). The van der Waals surface area contributed by atoms with Crippen LogP contribution in [-0.4, -0.2) is 24.8 Å². The third kappa shape index (κ3) is 1.09. The van der Waals surface area contributed by atoms with Crippen LogP contribution < -0.4 is 0 Å². The molecular weight excluding hydrogens is 180 g/mol. The summed E-state index contributed by atoms with van der Waals surface area (Å²) in [6.45, 7) is 2.70. The Kier molecular flexibility index (Phi) is 1.79. The molecule has 2 fully saturated rings. The van der Waals surface area contributed by atoms with Gasteiger partial charge in [-0.25, -0.2) is 0 Å². The molecule has 2 saturated heterocycles. The Morgan fingerprint density at radius 1 is 1.50 bits per heavy atom. The molecule has 0 amide bonds. The maximum atomic E-state index is 11.9. The largest absolute Gasteiger partial charge is 0.343 e. The smallest absolute Gasteiger partial charge is 0.218 e. The van der Waals surface area contributed by atoms with Gasteiger partial charge in [-0.3, -0.25) is 4.79 Å². The summed E-state index contributed by atoms with van der Waals surface area (Å²) in [6, 6.07) is 0. The average molecular weight is 194 g/mol. The zero-order valence-electron chi connectivity index (χ0n) is 8.23. The van der Waals surface area contributed by atoms with Gasteiger partial charge >= 0.3 is 0 Å². The molecule has 0 unspecified atom stereocenters. The Bertz CT molecular complexity index is 308. The lowest BCUT2D eigenvalue weighted by Crippen LogP contribution is -2.44. The zero-order valence-corrected chi connectivity index (χ0v) is 8.23. The minimum atomic E-state index is -0.549. The first-order valence-corrected chi connectivity index (χ1v) is 5.22. The first kappa shape index (κ1) is 8.62. The molecule has 14 heavy (non-hydrogen) atoms. The van der Waals surface area contributed by atoms with Gasteiger partial charge in [0.15, 0.2) is 5.78 Å². The molecule has 0 saturated carbocycles. The maximum absolute atomic E-state index is 11.9. The minimum absolute atomic E-state index is 0.159. The molecule has 1 aliphatic carbocycles. The Balaban J connectivity index is 1.93. The molecule has 3 nitrogen and oxygen atoms in total. The van der Waals surface area contributed by atoms with Crippen LogP contribution in [0, 0.1) is 11.8 Å². The second kappa shape index (κ2) is 2.91. The van der Waals surface area contributed by atoms with Crippen molar-refractivity contribution >= 4 is 5.78 Å². The fourth-order valence-corrected chi connectivity index (χ4v) is 2.77. The van der Waals surface area contributed by atoms with E-state index >= 15 is 0 Å². The lowest BCUT2D eigenvalue weighted by Gasteiger charge is -2.36. The fraction of sp³-hybridized carbons (Fsp3) is 0.727. The Hall–Kier alpha value is -0.670. The molecule has 2 aliphatic heterocycles. The van der Waals surface area contributed by atoms with E-state index in [1.807, 2.05) is 0 Å². The van der Waals surface area contributed by atoms with Gasteiger partial charge < -0.3 is 9.47 Å². The van der Waals surface area contributed by atoms with Crippen molar-refractivity contribution in [2.75, 3.05) is 6.61 Å². The number of carbonyl (C=O) groups is 1. The van der Waals surface area contributed by atoms with Gasteiger partial charge in [0, 0.05) is 11.8 Å². The van der Waals surface area contributed by atoms with Crippen molar-refractivity contribution in [1.29, 1.82) is 0 Å². The number of ketones is 1. The van der Waals surface area contributed by atoms with Crippen LogP contribution >= 0.6 is 0 Å². The lowest BCUT2D eigenvalue weighted by molar-refractivity contribution is -0.165. The summed E-state index contributed by atoms with van der Waals surface area (Å²) in [4.78, 5) is 11.9. The summed E-state index contributed by atoms with van der Waals surface area (Å²) in [6.07, 6.45) is 3.72. The molecule has 0 spiro atoms. The van der Waals surface area contributed by atoms with Crippen LogP contribution in [0.15, 0.2) is 11.6 Å². The molecule has 3 aliphatic rings. The van der Waals surface area contributed by atoms with Gasteiger partial charge in [0.2, 0.25) is 6.29 Å². The van der Waals surface area contributed by atoms with Crippen LogP contribution in [0.1, 0.15) is 19.8 Å². The van der Waals surface area contributed by atoms with Gasteiger partial charge in [0.05, 0.1) is 12.7 Å². The van der Waals surface area contributed by atoms with Gasteiger partial charge in [-0.15, -0.1) is 0 Å². The monoisotopic (exact) mass is 194 g/mol. The van der Waals surface area contributed by atoms with E-state index in [4.69, 9.17) is 9.47 Å². The van der Waals surface area contributed by atoms with E-state index in [1.54, 1.807) is 0 Å². The minimum Gasteiger partial charge on any atom is -0.343 e. The Morgan fingerprint density at radius 3 is 3.21 bits per heavy atom. The number of carbonyl (C=O) groups excluding carboxylic acids is 1. The number of hydrogen-bond donors (Lipinski definition) is 0. The number of fused-ring (bicyclic) bond motifs is 4. The van der Waals surface area contributed by atoms with Crippen molar-refractivity contribution in [2.45, 2.75) is 32.2 Å². The quantitative estimate of drug-likeness (QED) is 0.545. The van der Waals surface area contributed by atoms with Crippen LogP contribution in [0.4, 0.5) is 0 Å². The zero-order chi connectivity index (χ0) is 9.71. The number of rotatable bonds is 0. The van der Waals surface area contributed by atoms with Gasteiger partial charge in [0.1, 0.15) is 0 Å². The summed E-state index contributed by atoms with van der Waals surface area (Å²) < 4.78 is 10.8. The summed E-state index contributed by atoms with van der Waals surface area (Å²) in [5.41, 5.74) is 1.33. The molecule has 4 atom stereocenters. The molecule has 3 heteroatoms. The van der Waals surface area contributed by atoms with Crippen LogP contribution in [0.2, 0.25) is 0 Å². The topological polar surface area (TPSA) is 35.5 Å². The van der Waals surface area contributed by atoms with Crippen molar-refractivity contribution in [2.24, 2.45) is 11.8 Å². The van der Waals surface area contributed by atoms with E-state index in [1.165, 1.54) is 5.57 Å². The van der Waals surface area contributed by atoms with E-state index < -0.39 is 6.29 Å². The number of allylic oxidation sites excluding steroid dienone is 2. The van der Waals surface area contributed by atoms with Crippen LogP contribution in [0.25, 0.3) is 0 Å². The third-order valence-corrected chi connectivity index (χ3v) is 3.58.